The monoisotopic (exact) mass is 294 g/mol. The summed E-state index contributed by atoms with van der Waals surface area (Å²) in [5.41, 5.74) is 6.43. The van der Waals surface area contributed by atoms with Crippen molar-refractivity contribution in [1.82, 2.24) is 0 Å². The number of benzene rings is 1. The summed E-state index contributed by atoms with van der Waals surface area (Å²) in [7, 11) is 0. The Hall–Kier alpha value is -0.150. The molecule has 0 heterocycles. The first-order valence-corrected chi connectivity index (χ1v) is 6.67. The fourth-order valence-corrected chi connectivity index (χ4v) is 2.49. The number of anilines is 1. The minimum Gasteiger partial charge on any atom is -0.382 e. The van der Waals surface area contributed by atoms with Gasteiger partial charge >= 0.3 is 0 Å². The van der Waals surface area contributed by atoms with Crippen LogP contribution in [0.25, 0.3) is 0 Å². The second-order valence-corrected chi connectivity index (χ2v) is 5.62. The molecule has 0 saturated carbocycles. The van der Waals surface area contributed by atoms with E-state index in [1.54, 1.807) is 12.1 Å². The average molecular weight is 296 g/mol. The Morgan fingerprint density at radius 1 is 1.18 bits per heavy atom. The van der Waals surface area contributed by atoms with E-state index in [9.17, 15) is 0 Å². The summed E-state index contributed by atoms with van der Waals surface area (Å²) in [4.78, 5) is 0. The maximum atomic E-state index is 6.08. The van der Waals surface area contributed by atoms with E-state index in [0.717, 1.165) is 12.2 Å². The van der Waals surface area contributed by atoms with Crippen LogP contribution in [-0.2, 0) is 0 Å². The van der Waals surface area contributed by atoms with Crippen molar-refractivity contribution in [2.45, 2.75) is 13.8 Å². The van der Waals surface area contributed by atoms with Gasteiger partial charge in [-0.3, -0.25) is 0 Å². The predicted octanol–water partition coefficient (Wildman–Crippen LogP) is 4.29. The summed E-state index contributed by atoms with van der Waals surface area (Å²) >= 11 is 18.0. The molecule has 1 aromatic rings. The van der Waals surface area contributed by atoms with Gasteiger partial charge in [-0.1, -0.05) is 48.7 Å². The van der Waals surface area contributed by atoms with Gasteiger partial charge in [-0.05, 0) is 30.5 Å². The lowest BCUT2D eigenvalue weighted by molar-refractivity contribution is 0.413. The van der Waals surface area contributed by atoms with Crippen LogP contribution in [0.3, 0.4) is 0 Å². The Bertz CT molecular complexity index is 357. The van der Waals surface area contributed by atoms with Crippen molar-refractivity contribution in [1.29, 1.82) is 0 Å². The van der Waals surface area contributed by atoms with Crippen molar-refractivity contribution in [3.63, 3.8) is 0 Å². The molecular weight excluding hydrogens is 279 g/mol. The van der Waals surface area contributed by atoms with Crippen LogP contribution in [0.5, 0.6) is 0 Å². The second-order valence-electron chi connectivity index (χ2n) is 4.37. The first kappa shape index (κ1) is 14.9. The summed E-state index contributed by atoms with van der Waals surface area (Å²) in [6.45, 7) is 5.66. The minimum absolute atomic E-state index is 0.387. The van der Waals surface area contributed by atoms with Crippen molar-refractivity contribution in [3.05, 3.63) is 27.2 Å². The van der Waals surface area contributed by atoms with Crippen LogP contribution >= 0.6 is 34.8 Å². The molecule has 1 rings (SSSR count). The van der Waals surface area contributed by atoms with Gasteiger partial charge in [0.1, 0.15) is 0 Å². The first-order valence-electron chi connectivity index (χ1n) is 5.54. The van der Waals surface area contributed by atoms with E-state index < -0.39 is 0 Å². The highest BCUT2D eigenvalue weighted by atomic mass is 35.5. The van der Waals surface area contributed by atoms with E-state index in [4.69, 9.17) is 40.5 Å². The lowest BCUT2D eigenvalue weighted by Gasteiger charge is -2.21. The highest BCUT2D eigenvalue weighted by Crippen LogP contribution is 2.33. The van der Waals surface area contributed by atoms with E-state index in [0.29, 0.717) is 33.4 Å². The fraction of sp³-hybridized carbons (Fsp3) is 0.500. The van der Waals surface area contributed by atoms with Gasteiger partial charge in [-0.25, -0.2) is 0 Å². The van der Waals surface area contributed by atoms with Gasteiger partial charge in [0, 0.05) is 11.6 Å². The lowest BCUT2D eigenvalue weighted by Crippen LogP contribution is -2.27. The van der Waals surface area contributed by atoms with Crippen LogP contribution in [0.1, 0.15) is 13.8 Å². The smallest absolute Gasteiger partial charge is 0.0720 e. The van der Waals surface area contributed by atoms with Crippen LogP contribution in [0.4, 0.5) is 5.69 Å². The molecule has 1 unspecified atom stereocenters. The number of hydrogen-bond acceptors (Lipinski definition) is 2. The van der Waals surface area contributed by atoms with Crippen LogP contribution < -0.4 is 11.1 Å². The predicted molar refractivity (Wildman–Crippen MR) is 77.3 cm³/mol. The summed E-state index contributed by atoms with van der Waals surface area (Å²) in [5.74, 6) is 0.898. The molecule has 0 bridgehead atoms. The first-order chi connectivity index (χ1) is 7.95. The fourth-order valence-electron chi connectivity index (χ4n) is 1.54. The van der Waals surface area contributed by atoms with E-state index in [1.807, 2.05) is 0 Å². The number of halogens is 3. The van der Waals surface area contributed by atoms with Gasteiger partial charge in [0.15, 0.2) is 0 Å². The third-order valence-electron chi connectivity index (χ3n) is 2.79. The SMILES string of the molecule is CC(C)C(CN)CNc1c(Cl)cc(Cl)cc1Cl. The molecule has 0 fully saturated rings. The molecule has 0 amide bonds. The van der Waals surface area contributed by atoms with Crippen LogP contribution in [0.2, 0.25) is 15.1 Å². The normalized spacial score (nSPS) is 12.9. The Morgan fingerprint density at radius 3 is 2.12 bits per heavy atom. The summed E-state index contributed by atoms with van der Waals surface area (Å²) in [6.07, 6.45) is 0. The van der Waals surface area contributed by atoms with Crippen LogP contribution in [-0.4, -0.2) is 13.1 Å². The zero-order valence-electron chi connectivity index (χ0n) is 9.93. The van der Waals surface area contributed by atoms with Gasteiger partial charge in [0.2, 0.25) is 0 Å². The van der Waals surface area contributed by atoms with Gasteiger partial charge < -0.3 is 11.1 Å². The van der Waals surface area contributed by atoms with E-state index in [1.165, 1.54) is 0 Å². The van der Waals surface area contributed by atoms with Gasteiger partial charge in [-0.2, -0.15) is 0 Å². The van der Waals surface area contributed by atoms with Crippen LogP contribution in [0.15, 0.2) is 12.1 Å². The zero-order chi connectivity index (χ0) is 13.0. The van der Waals surface area contributed by atoms with E-state index >= 15 is 0 Å². The number of nitrogens with one attached hydrogen (secondary N) is 1. The topological polar surface area (TPSA) is 38.0 Å². The Labute approximate surface area is 117 Å². The summed E-state index contributed by atoms with van der Waals surface area (Å²) in [5, 5.41) is 4.83. The van der Waals surface area contributed by atoms with Crippen molar-refractivity contribution in [2.24, 2.45) is 17.6 Å². The molecule has 0 aliphatic rings. The molecule has 3 N–H and O–H groups in total. The number of rotatable bonds is 5. The highest BCUT2D eigenvalue weighted by Gasteiger charge is 2.13. The van der Waals surface area contributed by atoms with Gasteiger partial charge in [0.25, 0.3) is 0 Å². The zero-order valence-corrected chi connectivity index (χ0v) is 12.2. The lowest BCUT2D eigenvalue weighted by atomic mass is 9.96. The molecule has 0 radical (unpaired) electrons. The molecule has 2 nitrogen and oxygen atoms in total. The molecule has 0 aliphatic heterocycles. The van der Waals surface area contributed by atoms with Gasteiger partial charge in [-0.15, -0.1) is 0 Å². The van der Waals surface area contributed by atoms with Crippen molar-refractivity contribution < 1.29 is 0 Å². The molecule has 0 saturated heterocycles. The molecule has 5 heteroatoms. The Morgan fingerprint density at radius 2 is 1.71 bits per heavy atom. The maximum Gasteiger partial charge on any atom is 0.0720 e. The van der Waals surface area contributed by atoms with Crippen molar-refractivity contribution >= 4 is 40.5 Å². The minimum atomic E-state index is 0.387. The third-order valence-corrected chi connectivity index (χ3v) is 3.61. The summed E-state index contributed by atoms with van der Waals surface area (Å²) < 4.78 is 0. The number of hydrogen-bond donors (Lipinski definition) is 2. The van der Waals surface area contributed by atoms with E-state index in [2.05, 4.69) is 19.2 Å². The summed E-state index contributed by atoms with van der Waals surface area (Å²) in [6, 6.07) is 3.34. The standard InChI is InChI=1S/C12H17Cl3N2/c1-7(2)8(5-16)6-17-12-10(14)3-9(13)4-11(12)15/h3-4,7-8,17H,5-6,16H2,1-2H3. The van der Waals surface area contributed by atoms with Crippen molar-refractivity contribution in [3.8, 4) is 0 Å². The molecule has 1 aromatic carbocycles. The van der Waals surface area contributed by atoms with Crippen LogP contribution in [0, 0.1) is 11.8 Å². The second kappa shape index (κ2) is 6.69. The molecule has 17 heavy (non-hydrogen) atoms. The molecular formula is C12H17Cl3N2. The third kappa shape index (κ3) is 4.22. The van der Waals surface area contributed by atoms with E-state index in [-0.39, 0.29) is 0 Å². The quantitative estimate of drug-likeness (QED) is 0.850. The Balaban J connectivity index is 2.75. The Kier molecular flexibility index (Phi) is 5.87. The number of nitrogens with two attached hydrogens (primary N) is 1. The molecule has 0 aromatic heterocycles. The molecule has 0 spiro atoms. The van der Waals surface area contributed by atoms with Gasteiger partial charge in [0.05, 0.1) is 15.7 Å². The average Bonchev–Trinajstić information content (AvgIpc) is 2.21. The molecule has 0 aliphatic carbocycles. The molecule has 1 atom stereocenters. The molecule has 96 valence electrons. The maximum absolute atomic E-state index is 6.08. The largest absolute Gasteiger partial charge is 0.382 e. The highest BCUT2D eigenvalue weighted by molar-refractivity contribution is 6.41. The van der Waals surface area contributed by atoms with Crippen molar-refractivity contribution in [2.75, 3.05) is 18.4 Å².